The second kappa shape index (κ2) is 10.4. The van der Waals surface area contributed by atoms with Crippen LogP contribution >= 0.6 is 0 Å². The average Bonchev–Trinajstić information content (AvgIpc) is 3.23. The molecule has 0 saturated heterocycles. The molecular weight excluding hydrogens is 422 g/mol. The van der Waals surface area contributed by atoms with E-state index in [4.69, 9.17) is 9.26 Å². The zero-order valence-corrected chi connectivity index (χ0v) is 18.1. The molecule has 0 bridgehead atoms. The summed E-state index contributed by atoms with van der Waals surface area (Å²) in [6, 6.07) is 17.5. The van der Waals surface area contributed by atoms with Gasteiger partial charge in [-0.25, -0.2) is 14.3 Å². The molecule has 33 heavy (non-hydrogen) atoms. The Bertz CT molecular complexity index is 1240. The van der Waals surface area contributed by atoms with E-state index in [2.05, 4.69) is 15.1 Å². The van der Waals surface area contributed by atoms with Crippen molar-refractivity contribution in [3.05, 3.63) is 94.9 Å². The Kier molecular flexibility index (Phi) is 6.89. The van der Waals surface area contributed by atoms with Crippen LogP contribution in [0.25, 0.3) is 11.5 Å². The third kappa shape index (κ3) is 5.51. The monoisotopic (exact) mass is 445 g/mol. The highest BCUT2D eigenvalue weighted by Crippen LogP contribution is 2.16. The minimum atomic E-state index is -0.722. The molecule has 0 atom stereocenters. The van der Waals surface area contributed by atoms with Gasteiger partial charge in [0.2, 0.25) is 11.7 Å². The van der Waals surface area contributed by atoms with Crippen molar-refractivity contribution in [3.8, 4) is 17.3 Å². The Labute approximate surface area is 190 Å². The van der Waals surface area contributed by atoms with E-state index in [9.17, 15) is 9.59 Å². The molecule has 4 aromatic rings. The minimum absolute atomic E-state index is 0.164. The molecular formula is C24H23N5O4. The van der Waals surface area contributed by atoms with E-state index in [1.54, 1.807) is 4.90 Å². The van der Waals surface area contributed by atoms with Gasteiger partial charge in [0.15, 0.2) is 0 Å². The van der Waals surface area contributed by atoms with Crippen LogP contribution in [0.5, 0.6) is 5.75 Å². The standard InChI is InChI=1S/C24H23N5O4/c1-2-28(15-18-8-10-20(11-9-18)32-17-19-6-4-3-5-7-19)22(30)16-29-23(27-33-24(29)31)21-14-25-12-13-26-21/h3-14H,2,15-17H2,1H3. The van der Waals surface area contributed by atoms with Crippen LogP contribution in [-0.2, 0) is 24.5 Å². The van der Waals surface area contributed by atoms with Crippen molar-refractivity contribution in [1.82, 2.24) is 24.6 Å². The van der Waals surface area contributed by atoms with Crippen molar-refractivity contribution in [2.75, 3.05) is 6.54 Å². The molecule has 0 N–H and O–H groups in total. The second-order valence-electron chi connectivity index (χ2n) is 7.28. The molecule has 4 rings (SSSR count). The fourth-order valence-electron chi connectivity index (χ4n) is 3.27. The topological polar surface area (TPSA) is 103 Å². The summed E-state index contributed by atoms with van der Waals surface area (Å²) in [7, 11) is 0. The molecule has 0 saturated carbocycles. The zero-order chi connectivity index (χ0) is 23.0. The maximum atomic E-state index is 12.9. The molecule has 2 heterocycles. The second-order valence-corrected chi connectivity index (χ2v) is 7.28. The van der Waals surface area contributed by atoms with Gasteiger partial charge in [-0.1, -0.05) is 47.6 Å². The molecule has 0 aliphatic carbocycles. The van der Waals surface area contributed by atoms with E-state index in [0.717, 1.165) is 21.4 Å². The van der Waals surface area contributed by atoms with E-state index < -0.39 is 5.76 Å². The van der Waals surface area contributed by atoms with Gasteiger partial charge in [-0.05, 0) is 30.2 Å². The number of ether oxygens (including phenoxy) is 1. The number of likely N-dealkylation sites (N-methyl/N-ethyl adjacent to an activating group) is 1. The Balaban J connectivity index is 1.40. The first-order valence-electron chi connectivity index (χ1n) is 10.5. The molecule has 9 heteroatoms. The smallest absolute Gasteiger partial charge is 0.442 e. The van der Waals surface area contributed by atoms with Gasteiger partial charge in [0.25, 0.3) is 0 Å². The van der Waals surface area contributed by atoms with Crippen molar-refractivity contribution in [3.63, 3.8) is 0 Å². The normalized spacial score (nSPS) is 10.7. The van der Waals surface area contributed by atoms with E-state index in [1.807, 2.05) is 61.5 Å². The Morgan fingerprint density at radius 2 is 1.85 bits per heavy atom. The van der Waals surface area contributed by atoms with E-state index in [1.165, 1.54) is 18.6 Å². The van der Waals surface area contributed by atoms with Crippen LogP contribution in [0, 0.1) is 0 Å². The fraction of sp³-hybridized carbons (Fsp3) is 0.208. The Morgan fingerprint density at radius 1 is 1.06 bits per heavy atom. The predicted octanol–water partition coefficient (Wildman–Crippen LogP) is 2.92. The first-order valence-corrected chi connectivity index (χ1v) is 10.5. The maximum absolute atomic E-state index is 12.9. The summed E-state index contributed by atoms with van der Waals surface area (Å²) in [6.07, 6.45) is 4.44. The third-order valence-corrected chi connectivity index (χ3v) is 5.05. The summed E-state index contributed by atoms with van der Waals surface area (Å²) in [4.78, 5) is 34.8. The molecule has 0 radical (unpaired) electrons. The third-order valence-electron chi connectivity index (χ3n) is 5.05. The lowest BCUT2D eigenvalue weighted by atomic mass is 10.2. The van der Waals surface area contributed by atoms with Crippen LogP contribution in [0.3, 0.4) is 0 Å². The maximum Gasteiger partial charge on any atom is 0.442 e. The molecule has 2 aromatic carbocycles. The number of hydrogen-bond donors (Lipinski definition) is 0. The summed E-state index contributed by atoms with van der Waals surface area (Å²) in [6.45, 7) is 3.04. The highest BCUT2D eigenvalue weighted by atomic mass is 16.5. The van der Waals surface area contributed by atoms with Crippen molar-refractivity contribution >= 4 is 5.91 Å². The number of benzene rings is 2. The summed E-state index contributed by atoms with van der Waals surface area (Å²) in [5.74, 6) is -0.0450. The van der Waals surface area contributed by atoms with Crippen molar-refractivity contribution < 1.29 is 14.1 Å². The molecule has 9 nitrogen and oxygen atoms in total. The minimum Gasteiger partial charge on any atom is -0.489 e. The van der Waals surface area contributed by atoms with Gasteiger partial charge < -0.3 is 9.64 Å². The van der Waals surface area contributed by atoms with Crippen LogP contribution < -0.4 is 10.5 Å². The van der Waals surface area contributed by atoms with Gasteiger partial charge in [-0.3, -0.25) is 14.3 Å². The number of amides is 1. The van der Waals surface area contributed by atoms with Gasteiger partial charge >= 0.3 is 5.76 Å². The fourth-order valence-corrected chi connectivity index (χ4v) is 3.27. The van der Waals surface area contributed by atoms with E-state index in [0.29, 0.717) is 25.4 Å². The van der Waals surface area contributed by atoms with Crippen LogP contribution in [0.4, 0.5) is 0 Å². The zero-order valence-electron chi connectivity index (χ0n) is 18.1. The van der Waals surface area contributed by atoms with Gasteiger partial charge in [-0.15, -0.1) is 0 Å². The number of carbonyl (C=O) groups excluding carboxylic acids is 1. The molecule has 0 fully saturated rings. The molecule has 2 aromatic heterocycles. The van der Waals surface area contributed by atoms with Gasteiger partial charge in [0, 0.05) is 25.5 Å². The van der Waals surface area contributed by atoms with Crippen LogP contribution in [-0.4, -0.2) is 37.0 Å². The van der Waals surface area contributed by atoms with Gasteiger partial charge in [0.1, 0.15) is 24.6 Å². The predicted molar refractivity (Wildman–Crippen MR) is 120 cm³/mol. The molecule has 0 aliphatic heterocycles. The van der Waals surface area contributed by atoms with Crippen molar-refractivity contribution in [1.29, 1.82) is 0 Å². The van der Waals surface area contributed by atoms with E-state index >= 15 is 0 Å². The molecule has 0 unspecified atom stereocenters. The summed E-state index contributed by atoms with van der Waals surface area (Å²) < 4.78 is 11.7. The van der Waals surface area contributed by atoms with Crippen molar-refractivity contribution in [2.45, 2.75) is 26.6 Å². The molecule has 0 spiro atoms. The van der Waals surface area contributed by atoms with Crippen LogP contribution in [0.1, 0.15) is 18.1 Å². The Morgan fingerprint density at radius 3 is 2.55 bits per heavy atom. The summed E-state index contributed by atoms with van der Waals surface area (Å²) >= 11 is 0. The van der Waals surface area contributed by atoms with Crippen LogP contribution in [0.15, 0.2) is 82.5 Å². The van der Waals surface area contributed by atoms with Crippen LogP contribution in [0.2, 0.25) is 0 Å². The van der Waals surface area contributed by atoms with E-state index in [-0.39, 0.29) is 18.3 Å². The number of hydrogen-bond acceptors (Lipinski definition) is 7. The summed E-state index contributed by atoms with van der Waals surface area (Å²) in [5.41, 5.74) is 2.39. The van der Waals surface area contributed by atoms with Gasteiger partial charge in [0.05, 0.1) is 6.20 Å². The number of rotatable bonds is 9. The first kappa shape index (κ1) is 21.9. The first-order chi connectivity index (χ1) is 16.1. The number of aromatic nitrogens is 4. The quantitative estimate of drug-likeness (QED) is 0.390. The average molecular weight is 445 g/mol. The summed E-state index contributed by atoms with van der Waals surface area (Å²) in [5, 5.41) is 3.75. The highest BCUT2D eigenvalue weighted by molar-refractivity contribution is 5.76. The SMILES string of the molecule is CCN(Cc1ccc(OCc2ccccc2)cc1)C(=O)Cn1c(-c2cnccn2)noc1=O. The Hall–Kier alpha value is -4.27. The lowest BCUT2D eigenvalue weighted by Crippen LogP contribution is -2.35. The molecule has 1 amide bonds. The number of nitrogens with zero attached hydrogens (tertiary/aromatic N) is 5. The van der Waals surface area contributed by atoms with Gasteiger partial charge in [-0.2, -0.15) is 0 Å². The number of carbonyl (C=O) groups is 1. The highest BCUT2D eigenvalue weighted by Gasteiger charge is 2.20. The molecule has 0 aliphatic rings. The lowest BCUT2D eigenvalue weighted by Gasteiger charge is -2.21. The molecule has 168 valence electrons. The van der Waals surface area contributed by atoms with Crippen molar-refractivity contribution in [2.24, 2.45) is 0 Å². The lowest BCUT2D eigenvalue weighted by molar-refractivity contribution is -0.132. The largest absolute Gasteiger partial charge is 0.489 e.